The lowest BCUT2D eigenvalue weighted by Crippen LogP contribution is -2.27. The van der Waals surface area contributed by atoms with E-state index in [1.165, 1.54) is 28.8 Å². The zero-order valence-electron chi connectivity index (χ0n) is 11.3. The minimum atomic E-state index is -0.882. The van der Waals surface area contributed by atoms with E-state index in [-0.39, 0.29) is 11.7 Å². The Kier molecular flexibility index (Phi) is 5.73. The molecule has 116 valence electrons. The Morgan fingerprint density at radius 1 is 1.41 bits per heavy atom. The minimum Gasteiger partial charge on any atom is -0.481 e. The molecule has 0 aliphatic rings. The molecule has 1 aromatic carbocycles. The third-order valence-corrected chi connectivity index (χ3v) is 3.74. The fraction of sp³-hybridized carbons (Fsp3) is 0.250. The number of tetrazole rings is 1. The minimum absolute atomic E-state index is 0.00289. The number of carbonyl (C=O) groups is 2. The zero-order chi connectivity index (χ0) is 15.9. The number of amides is 1. The van der Waals surface area contributed by atoms with Gasteiger partial charge in [-0.25, -0.2) is 0 Å². The van der Waals surface area contributed by atoms with E-state index < -0.39 is 5.97 Å². The van der Waals surface area contributed by atoms with Gasteiger partial charge in [-0.2, -0.15) is 4.68 Å². The van der Waals surface area contributed by atoms with Gasteiger partial charge in [0.15, 0.2) is 0 Å². The normalized spacial score (nSPS) is 10.4. The third kappa shape index (κ3) is 4.43. The molecule has 0 saturated heterocycles. The molecule has 0 aliphatic carbocycles. The molecule has 2 N–H and O–H groups in total. The first-order valence-electron chi connectivity index (χ1n) is 6.18. The van der Waals surface area contributed by atoms with Crippen molar-refractivity contribution in [3.63, 3.8) is 0 Å². The lowest BCUT2D eigenvalue weighted by molar-refractivity contribution is -0.133. The van der Waals surface area contributed by atoms with Crippen molar-refractivity contribution in [2.24, 2.45) is 0 Å². The number of thioether (sulfide) groups is 1. The average molecular weight is 342 g/mol. The largest absolute Gasteiger partial charge is 0.481 e. The quantitative estimate of drug-likeness (QED) is 0.719. The molecule has 1 heterocycles. The Hall–Kier alpha value is -2.13. The summed E-state index contributed by atoms with van der Waals surface area (Å²) in [5.41, 5.74) is 0.841. The number of carboxylic acids is 1. The average Bonchev–Trinajstić information content (AvgIpc) is 3.00. The number of aliphatic carboxylic acids is 1. The summed E-state index contributed by atoms with van der Waals surface area (Å²) >= 11 is 7.16. The maximum atomic E-state index is 12.2. The molecule has 0 saturated carbocycles. The Morgan fingerprint density at radius 2 is 2.23 bits per heavy atom. The molecule has 22 heavy (non-hydrogen) atoms. The second-order valence-electron chi connectivity index (χ2n) is 4.12. The molecule has 1 aromatic heterocycles. The predicted octanol–water partition coefficient (Wildman–Crippen LogP) is 0.863. The van der Waals surface area contributed by atoms with Crippen molar-refractivity contribution in [1.82, 2.24) is 25.5 Å². The van der Waals surface area contributed by atoms with Crippen LogP contribution in [-0.4, -0.2) is 55.2 Å². The summed E-state index contributed by atoms with van der Waals surface area (Å²) in [6.07, 6.45) is 1.38. The number of nitrogens with one attached hydrogen (secondary N) is 1. The molecule has 8 nitrogen and oxygen atoms in total. The van der Waals surface area contributed by atoms with Gasteiger partial charge in [-0.15, -0.1) is 16.9 Å². The van der Waals surface area contributed by atoms with E-state index in [1.54, 1.807) is 12.1 Å². The molecule has 0 unspecified atom stereocenters. The fourth-order valence-electron chi connectivity index (χ4n) is 1.65. The highest BCUT2D eigenvalue weighted by atomic mass is 35.5. The number of nitrogens with zero attached hydrogens (tertiary/aromatic N) is 4. The van der Waals surface area contributed by atoms with Crippen LogP contribution in [0, 0.1) is 0 Å². The van der Waals surface area contributed by atoms with Crippen molar-refractivity contribution < 1.29 is 14.7 Å². The van der Waals surface area contributed by atoms with Gasteiger partial charge < -0.3 is 10.4 Å². The van der Waals surface area contributed by atoms with E-state index in [0.29, 0.717) is 28.6 Å². The van der Waals surface area contributed by atoms with E-state index in [4.69, 9.17) is 16.7 Å². The topological polar surface area (TPSA) is 110 Å². The van der Waals surface area contributed by atoms with Crippen molar-refractivity contribution in [2.75, 3.05) is 18.1 Å². The number of benzene rings is 1. The smallest absolute Gasteiger partial charge is 0.313 e. The van der Waals surface area contributed by atoms with Crippen molar-refractivity contribution in [2.45, 2.75) is 0 Å². The fourth-order valence-corrected chi connectivity index (χ4v) is 2.39. The number of aromatic nitrogens is 4. The van der Waals surface area contributed by atoms with Crippen LogP contribution in [-0.2, 0) is 4.79 Å². The van der Waals surface area contributed by atoms with Gasteiger partial charge in [-0.05, 0) is 28.6 Å². The van der Waals surface area contributed by atoms with Crippen LogP contribution in [0.2, 0.25) is 5.02 Å². The molecule has 0 radical (unpaired) electrons. The van der Waals surface area contributed by atoms with Crippen LogP contribution in [0.3, 0.4) is 0 Å². The molecule has 0 fully saturated rings. The molecule has 2 rings (SSSR count). The summed E-state index contributed by atoms with van der Waals surface area (Å²) < 4.78 is 1.37. The second kappa shape index (κ2) is 7.76. The monoisotopic (exact) mass is 341 g/mol. The molecule has 2 aromatic rings. The Labute approximate surface area is 134 Å². The van der Waals surface area contributed by atoms with Crippen LogP contribution in [0.4, 0.5) is 0 Å². The molecule has 0 spiro atoms. The van der Waals surface area contributed by atoms with E-state index in [1.807, 2.05) is 0 Å². The lowest BCUT2D eigenvalue weighted by Gasteiger charge is -2.09. The maximum Gasteiger partial charge on any atom is 0.313 e. The van der Waals surface area contributed by atoms with Gasteiger partial charge in [0, 0.05) is 17.3 Å². The molecular weight excluding hydrogens is 330 g/mol. The summed E-state index contributed by atoms with van der Waals surface area (Å²) in [6, 6.07) is 4.81. The van der Waals surface area contributed by atoms with Gasteiger partial charge in [-0.1, -0.05) is 11.6 Å². The molecule has 0 bridgehead atoms. The highest BCUT2D eigenvalue weighted by Crippen LogP contribution is 2.18. The molecule has 0 atom stereocenters. The van der Waals surface area contributed by atoms with Crippen LogP contribution in [0.15, 0.2) is 24.5 Å². The predicted molar refractivity (Wildman–Crippen MR) is 81.5 cm³/mol. The zero-order valence-corrected chi connectivity index (χ0v) is 12.8. The SMILES string of the molecule is O=C(O)CSCCNC(=O)c1cc(Cl)ccc1-n1cnnn1. The first-order chi connectivity index (χ1) is 10.6. The first-order valence-corrected chi connectivity index (χ1v) is 7.72. The van der Waals surface area contributed by atoms with Crippen LogP contribution in [0.1, 0.15) is 10.4 Å². The number of halogens is 1. The Bertz CT molecular complexity index is 665. The lowest BCUT2D eigenvalue weighted by atomic mass is 10.1. The number of hydrogen-bond acceptors (Lipinski definition) is 6. The molecular formula is C12H12ClN5O3S. The highest BCUT2D eigenvalue weighted by molar-refractivity contribution is 7.99. The van der Waals surface area contributed by atoms with Crippen molar-refractivity contribution in [3.8, 4) is 5.69 Å². The second-order valence-corrected chi connectivity index (χ2v) is 5.66. The van der Waals surface area contributed by atoms with Gasteiger partial charge in [0.1, 0.15) is 6.33 Å². The van der Waals surface area contributed by atoms with E-state index in [0.717, 1.165) is 0 Å². The Morgan fingerprint density at radius 3 is 2.91 bits per heavy atom. The Balaban J connectivity index is 2.03. The van der Waals surface area contributed by atoms with Crippen LogP contribution < -0.4 is 5.32 Å². The number of rotatable bonds is 7. The van der Waals surface area contributed by atoms with E-state index in [2.05, 4.69) is 20.8 Å². The third-order valence-electron chi connectivity index (χ3n) is 2.56. The molecule has 10 heteroatoms. The number of carbonyl (C=O) groups excluding carboxylic acids is 1. The number of carboxylic acid groups (broad SMARTS) is 1. The summed E-state index contributed by atoms with van der Waals surface area (Å²) in [5.74, 6) is -0.710. The van der Waals surface area contributed by atoms with E-state index in [9.17, 15) is 9.59 Å². The van der Waals surface area contributed by atoms with Crippen LogP contribution in [0.25, 0.3) is 5.69 Å². The van der Waals surface area contributed by atoms with Crippen LogP contribution >= 0.6 is 23.4 Å². The van der Waals surface area contributed by atoms with Gasteiger partial charge in [0.25, 0.3) is 5.91 Å². The first kappa shape index (κ1) is 16.2. The highest BCUT2D eigenvalue weighted by Gasteiger charge is 2.14. The molecule has 1 amide bonds. The van der Waals surface area contributed by atoms with Crippen molar-refractivity contribution in [1.29, 1.82) is 0 Å². The van der Waals surface area contributed by atoms with Crippen molar-refractivity contribution >= 4 is 35.2 Å². The van der Waals surface area contributed by atoms with Gasteiger partial charge in [0.05, 0.1) is 17.0 Å². The summed E-state index contributed by atoms with van der Waals surface area (Å²) in [4.78, 5) is 22.6. The summed E-state index contributed by atoms with van der Waals surface area (Å²) in [7, 11) is 0. The number of hydrogen-bond donors (Lipinski definition) is 2. The van der Waals surface area contributed by atoms with Crippen LogP contribution in [0.5, 0.6) is 0 Å². The summed E-state index contributed by atoms with van der Waals surface area (Å²) in [5, 5.41) is 22.5. The molecule has 0 aliphatic heterocycles. The maximum absolute atomic E-state index is 12.2. The van der Waals surface area contributed by atoms with Gasteiger partial charge in [-0.3, -0.25) is 9.59 Å². The van der Waals surface area contributed by atoms with E-state index >= 15 is 0 Å². The van der Waals surface area contributed by atoms with Gasteiger partial charge in [0.2, 0.25) is 0 Å². The standard InChI is InChI=1S/C12H12ClN5O3S/c13-8-1-2-10(18-7-15-16-17-18)9(5-8)12(21)14-3-4-22-6-11(19)20/h1-2,5,7H,3-4,6H2,(H,14,21)(H,19,20). The van der Waals surface area contributed by atoms with Crippen molar-refractivity contribution in [3.05, 3.63) is 35.1 Å². The summed E-state index contributed by atoms with van der Waals surface area (Å²) in [6.45, 7) is 0.346. The van der Waals surface area contributed by atoms with Gasteiger partial charge >= 0.3 is 5.97 Å².